The highest BCUT2D eigenvalue weighted by atomic mass is 16.2. The molecule has 186 valence electrons. The summed E-state index contributed by atoms with van der Waals surface area (Å²) >= 11 is 0. The van der Waals surface area contributed by atoms with Crippen LogP contribution in [0.25, 0.3) is 0 Å². The maximum Gasteiger partial charge on any atom is 0.258 e. The molecule has 7 heteroatoms. The first-order valence-corrected chi connectivity index (χ1v) is 12.2. The third kappa shape index (κ3) is 6.72. The molecule has 0 unspecified atom stereocenters. The Morgan fingerprint density at radius 3 is 1.31 bits per heavy atom. The number of hydrogen-bond donors (Lipinski definition) is 2. The van der Waals surface area contributed by atoms with Crippen molar-refractivity contribution in [1.29, 1.82) is 0 Å². The Bertz CT molecular complexity index is 1050. The van der Waals surface area contributed by atoms with Crippen molar-refractivity contribution in [2.75, 3.05) is 0 Å². The van der Waals surface area contributed by atoms with Gasteiger partial charge in [-0.2, -0.15) is 0 Å². The lowest BCUT2D eigenvalue weighted by Crippen LogP contribution is -2.19. The summed E-state index contributed by atoms with van der Waals surface area (Å²) in [4.78, 5) is 59.0. The fourth-order valence-electron chi connectivity index (χ4n) is 3.43. The Morgan fingerprint density at radius 2 is 1.03 bits per heavy atom. The molecule has 2 N–H and O–H groups in total. The predicted molar refractivity (Wildman–Crippen MR) is 135 cm³/mol. The van der Waals surface area contributed by atoms with E-state index in [2.05, 4.69) is 45.3 Å². The van der Waals surface area contributed by atoms with Crippen LogP contribution in [-0.2, 0) is 0 Å². The number of ketones is 1. The van der Waals surface area contributed by atoms with E-state index >= 15 is 0 Å². The number of benzene rings is 2. The Hall–Kier alpha value is -3.61. The number of imide groups is 2. The zero-order valence-corrected chi connectivity index (χ0v) is 21.1. The smallest absolute Gasteiger partial charge is 0.258 e. The van der Waals surface area contributed by atoms with Gasteiger partial charge in [-0.25, -0.2) is 0 Å². The molecule has 0 aromatic heterocycles. The first-order chi connectivity index (χ1) is 16.7. The molecule has 0 saturated carbocycles. The number of carbonyl (C=O) groups is 5. The number of fused-ring (bicyclic) bond motifs is 2. The minimum absolute atomic E-state index is 0.139. The molecule has 0 bridgehead atoms. The first-order valence-electron chi connectivity index (χ1n) is 12.2. The van der Waals surface area contributed by atoms with E-state index in [9.17, 15) is 24.0 Å². The van der Waals surface area contributed by atoms with Crippen LogP contribution in [0.2, 0.25) is 0 Å². The average molecular weight is 479 g/mol. The molecule has 0 fully saturated rings. The molecule has 0 saturated heterocycles. The summed E-state index contributed by atoms with van der Waals surface area (Å²) in [6.45, 7) is 11.2. The third-order valence-electron chi connectivity index (χ3n) is 6.10. The number of unbranched alkanes of at least 4 members (excludes halogenated alkanes) is 2. The zero-order chi connectivity index (χ0) is 26.1. The summed E-state index contributed by atoms with van der Waals surface area (Å²) in [5.41, 5.74) is 1.14. The van der Waals surface area contributed by atoms with Gasteiger partial charge >= 0.3 is 0 Å². The zero-order valence-electron chi connectivity index (χ0n) is 21.1. The summed E-state index contributed by atoms with van der Waals surface area (Å²) < 4.78 is 0. The lowest BCUT2D eigenvalue weighted by Gasteiger charge is -2.04. The summed E-state index contributed by atoms with van der Waals surface area (Å²) in [5.74, 6) is -1.58. The van der Waals surface area contributed by atoms with Crippen LogP contribution >= 0.6 is 0 Å². The van der Waals surface area contributed by atoms with Crippen LogP contribution in [0.5, 0.6) is 0 Å². The predicted octanol–water partition coefficient (Wildman–Crippen LogP) is 5.32. The minimum atomic E-state index is -0.552. The van der Waals surface area contributed by atoms with Crippen LogP contribution in [0, 0.1) is 5.92 Å². The topological polar surface area (TPSA) is 109 Å². The van der Waals surface area contributed by atoms with Gasteiger partial charge in [-0.05, 0) is 30.2 Å². The monoisotopic (exact) mass is 478 g/mol. The highest BCUT2D eigenvalue weighted by Crippen LogP contribution is 2.22. The van der Waals surface area contributed by atoms with Crippen LogP contribution in [0.3, 0.4) is 0 Å². The minimum Gasteiger partial charge on any atom is -0.289 e. The van der Waals surface area contributed by atoms with Gasteiger partial charge < -0.3 is 0 Å². The molecule has 0 atom stereocenters. The van der Waals surface area contributed by atoms with E-state index in [1.807, 2.05) is 0 Å². The fourth-order valence-corrected chi connectivity index (χ4v) is 3.43. The summed E-state index contributed by atoms with van der Waals surface area (Å²) in [6, 6.07) is 8.39. The van der Waals surface area contributed by atoms with E-state index in [1.165, 1.54) is 68.5 Å². The lowest BCUT2D eigenvalue weighted by molar-refractivity contribution is 0.0863. The molecule has 2 aromatic rings. The highest BCUT2D eigenvalue weighted by molar-refractivity contribution is 6.24. The second-order valence-electron chi connectivity index (χ2n) is 8.69. The molecular weight excluding hydrogens is 444 g/mol. The van der Waals surface area contributed by atoms with Gasteiger partial charge in [0.25, 0.3) is 23.6 Å². The lowest BCUT2D eigenvalue weighted by atomic mass is 9.96. The SMILES string of the molecule is CCC(C)CC.CCCCC.O=C(c1ccc2c(c1)C(=O)NC2=O)c1ccc2c(c1)C(=O)NC2=O. The summed E-state index contributed by atoms with van der Waals surface area (Å²) in [5, 5.41) is 4.31. The molecule has 0 spiro atoms. The number of hydrogen-bond acceptors (Lipinski definition) is 5. The molecule has 0 radical (unpaired) electrons. The van der Waals surface area contributed by atoms with Crippen molar-refractivity contribution < 1.29 is 24.0 Å². The molecule has 2 aliphatic rings. The Kier molecular flexibility index (Phi) is 10.1. The quantitative estimate of drug-likeness (QED) is 0.431. The van der Waals surface area contributed by atoms with E-state index in [-0.39, 0.29) is 33.4 Å². The van der Waals surface area contributed by atoms with Crippen molar-refractivity contribution in [3.8, 4) is 0 Å². The van der Waals surface area contributed by atoms with Gasteiger partial charge in [0.05, 0.1) is 22.3 Å². The van der Waals surface area contributed by atoms with Crippen LogP contribution in [0.1, 0.15) is 124 Å². The van der Waals surface area contributed by atoms with Crippen molar-refractivity contribution in [1.82, 2.24) is 10.6 Å². The van der Waals surface area contributed by atoms with Crippen LogP contribution in [0.15, 0.2) is 36.4 Å². The van der Waals surface area contributed by atoms with E-state index in [0.717, 1.165) is 5.92 Å². The van der Waals surface area contributed by atoms with Crippen molar-refractivity contribution in [2.45, 2.75) is 66.7 Å². The van der Waals surface area contributed by atoms with Crippen LogP contribution in [-0.4, -0.2) is 29.4 Å². The number of carbonyl (C=O) groups excluding carboxylic acids is 5. The Balaban J connectivity index is 0.000000331. The second kappa shape index (κ2) is 12.7. The summed E-state index contributed by atoms with van der Waals surface area (Å²) in [6.07, 6.45) is 6.74. The largest absolute Gasteiger partial charge is 0.289 e. The van der Waals surface area contributed by atoms with Gasteiger partial charge in [-0.15, -0.1) is 0 Å². The van der Waals surface area contributed by atoms with Gasteiger partial charge in [-0.1, -0.05) is 78.9 Å². The first kappa shape index (κ1) is 27.6. The molecule has 7 nitrogen and oxygen atoms in total. The number of nitrogens with one attached hydrogen (secondary N) is 2. The standard InChI is InChI=1S/C17H8N2O5.C6H14.C5H12/c20-13(7-1-3-9-11(5-7)16(23)18-14(9)21)8-2-4-10-12(6-8)17(24)19-15(10)22;1-4-6(3)5-2;1-3-5-4-2/h1-6H,(H,18,21,23)(H,19,22,24);6H,4-5H2,1-3H3;3-5H2,1-2H3. The average Bonchev–Trinajstić information content (AvgIpc) is 3.32. The van der Waals surface area contributed by atoms with E-state index < -0.39 is 29.4 Å². The van der Waals surface area contributed by atoms with Crippen LogP contribution in [0.4, 0.5) is 0 Å². The maximum atomic E-state index is 12.6. The van der Waals surface area contributed by atoms with Crippen molar-refractivity contribution in [3.05, 3.63) is 69.8 Å². The van der Waals surface area contributed by atoms with Gasteiger partial charge in [0.2, 0.25) is 0 Å². The van der Waals surface area contributed by atoms with Crippen molar-refractivity contribution in [3.63, 3.8) is 0 Å². The second-order valence-corrected chi connectivity index (χ2v) is 8.69. The molecule has 35 heavy (non-hydrogen) atoms. The Morgan fingerprint density at radius 1 is 0.657 bits per heavy atom. The van der Waals surface area contributed by atoms with E-state index in [1.54, 1.807) is 0 Å². The van der Waals surface area contributed by atoms with E-state index in [4.69, 9.17) is 0 Å². The molecular formula is C28H34N2O5. The van der Waals surface area contributed by atoms with Crippen molar-refractivity contribution in [2.24, 2.45) is 5.92 Å². The molecule has 2 aliphatic heterocycles. The van der Waals surface area contributed by atoms with Gasteiger partial charge in [0.1, 0.15) is 0 Å². The summed E-state index contributed by atoms with van der Waals surface area (Å²) in [7, 11) is 0. The highest BCUT2D eigenvalue weighted by Gasteiger charge is 2.29. The molecule has 4 rings (SSSR count). The number of amides is 4. The van der Waals surface area contributed by atoms with Crippen LogP contribution < -0.4 is 10.6 Å². The van der Waals surface area contributed by atoms with Crippen molar-refractivity contribution >= 4 is 29.4 Å². The van der Waals surface area contributed by atoms with Gasteiger partial charge in [0, 0.05) is 11.1 Å². The third-order valence-corrected chi connectivity index (χ3v) is 6.10. The fraction of sp³-hybridized carbons (Fsp3) is 0.393. The van der Waals surface area contributed by atoms with Gasteiger partial charge in [-0.3, -0.25) is 34.6 Å². The molecule has 4 amide bonds. The molecule has 2 aromatic carbocycles. The molecule has 0 aliphatic carbocycles. The normalized spacial score (nSPS) is 13.2. The number of rotatable bonds is 6. The molecule has 2 heterocycles. The maximum absolute atomic E-state index is 12.6. The Labute approximate surface area is 206 Å². The van der Waals surface area contributed by atoms with E-state index in [0.29, 0.717) is 0 Å². The van der Waals surface area contributed by atoms with Gasteiger partial charge in [0.15, 0.2) is 5.78 Å².